The molecule has 0 radical (unpaired) electrons. The van der Waals surface area contributed by atoms with Gasteiger partial charge in [0.15, 0.2) is 5.82 Å². The van der Waals surface area contributed by atoms with Gasteiger partial charge in [-0.2, -0.15) is 0 Å². The summed E-state index contributed by atoms with van der Waals surface area (Å²) in [5.41, 5.74) is 3.23. The first kappa shape index (κ1) is 32.1. The summed E-state index contributed by atoms with van der Waals surface area (Å²) in [6.45, 7) is 5.72. The fourth-order valence-electron chi connectivity index (χ4n) is 7.45. The summed E-state index contributed by atoms with van der Waals surface area (Å²) in [6, 6.07) is 12.5. The predicted octanol–water partition coefficient (Wildman–Crippen LogP) is 4.64. The first-order valence-electron chi connectivity index (χ1n) is 16.3. The topological polar surface area (TPSA) is 137 Å². The number of benzene rings is 3. The molecule has 3 aromatic rings. The van der Waals surface area contributed by atoms with Gasteiger partial charge in [0.25, 0.3) is 5.91 Å². The summed E-state index contributed by atoms with van der Waals surface area (Å²) < 4.78 is 19.2. The maximum Gasteiger partial charge on any atom is 0.251 e. The molecule has 3 amide bonds. The van der Waals surface area contributed by atoms with Crippen LogP contribution in [0.5, 0.6) is 5.75 Å². The molecule has 0 aromatic heterocycles. The highest BCUT2D eigenvalue weighted by Crippen LogP contribution is 2.44. The molecular weight excluding hydrogens is 635 g/mol. The van der Waals surface area contributed by atoms with Crippen LogP contribution in [0.25, 0.3) is 10.8 Å². The molecule has 252 valence electrons. The van der Waals surface area contributed by atoms with Crippen molar-refractivity contribution in [1.29, 1.82) is 0 Å². The second-order valence-corrected chi connectivity index (χ2v) is 14.1. The fraction of sp³-hybridized carbons (Fsp3) is 0.400. The van der Waals surface area contributed by atoms with Gasteiger partial charge in [0, 0.05) is 59.6 Å². The van der Waals surface area contributed by atoms with E-state index < -0.39 is 11.4 Å². The zero-order valence-electron chi connectivity index (χ0n) is 26.9. The van der Waals surface area contributed by atoms with Gasteiger partial charge in [0.2, 0.25) is 11.8 Å². The molecule has 0 saturated carbocycles. The van der Waals surface area contributed by atoms with Crippen molar-refractivity contribution in [2.45, 2.75) is 57.6 Å². The second-order valence-electron chi connectivity index (χ2n) is 13.3. The van der Waals surface area contributed by atoms with Crippen LogP contribution in [0.4, 0.5) is 27.1 Å². The van der Waals surface area contributed by atoms with Crippen LogP contribution < -0.4 is 29.5 Å². The Kier molecular flexibility index (Phi) is 8.36. The number of phenolic OH excluding ortho intramolecular Hbond substituents is 1. The van der Waals surface area contributed by atoms with Gasteiger partial charge in [-0.3, -0.25) is 23.4 Å². The Balaban J connectivity index is 0.970. The van der Waals surface area contributed by atoms with E-state index in [1.807, 2.05) is 19.9 Å². The average molecular weight is 675 g/mol. The largest absolute Gasteiger partial charge is 0.506 e. The first-order chi connectivity index (χ1) is 23.0. The highest BCUT2D eigenvalue weighted by Gasteiger charge is 2.42. The summed E-state index contributed by atoms with van der Waals surface area (Å²) in [5.74, 6) is -1.09. The summed E-state index contributed by atoms with van der Waals surface area (Å²) in [6.07, 6.45) is 5.13. The molecule has 2 atom stereocenters. The van der Waals surface area contributed by atoms with E-state index in [-0.39, 0.29) is 53.0 Å². The molecule has 4 aliphatic heterocycles. The molecule has 0 bridgehead atoms. The maximum absolute atomic E-state index is 15.3. The minimum atomic E-state index is -1.03. The van der Waals surface area contributed by atoms with Crippen molar-refractivity contribution < 1.29 is 29.0 Å². The van der Waals surface area contributed by atoms with E-state index in [4.69, 9.17) is 0 Å². The molecule has 11 nitrogen and oxygen atoms in total. The van der Waals surface area contributed by atoms with Crippen LogP contribution in [0.3, 0.4) is 0 Å². The van der Waals surface area contributed by atoms with Crippen LogP contribution in [-0.4, -0.2) is 60.2 Å². The van der Waals surface area contributed by atoms with Crippen LogP contribution in [0.1, 0.15) is 51.5 Å². The van der Waals surface area contributed by atoms with Gasteiger partial charge in [0.05, 0.1) is 24.7 Å². The van der Waals surface area contributed by atoms with Crippen LogP contribution >= 0.6 is 12.1 Å². The Labute approximate surface area is 282 Å². The molecule has 3 fully saturated rings. The number of aromatic hydroxyl groups is 1. The standard InChI is InChI=1S/C35H39FN6O5S/c1-3-26-28(8-9-30(44)38-26)41-19-35(2,47)25-17-23(5-7-27(25)41)40-12-10-20(11-13-40)14-31(45)37-22-4-6-24-21(15-22)16-29(43)34(33(24)36)42-18-32(46)39-48-42/h3-7,15-17,20,28,43,47H,8-14,18-19H2,1-2H3,(H,37,45)(H,38,44)(H,39,46)/b26-3+/t28?,35-/m1/s1. The molecule has 48 heavy (non-hydrogen) atoms. The van der Waals surface area contributed by atoms with E-state index in [2.05, 4.69) is 43.4 Å². The SMILES string of the molecule is C/C=C1/NC(=O)CCC1N1C[C@@](C)(O)c2cc(N3CCC(CC(=O)Nc4ccc5c(F)c(N6CC(=O)NS6)c(O)cc5c4)CC3)ccc21. The van der Waals surface area contributed by atoms with Gasteiger partial charge in [-0.15, -0.1) is 0 Å². The van der Waals surface area contributed by atoms with Crippen molar-refractivity contribution in [2.24, 2.45) is 5.92 Å². The number of phenols is 1. The van der Waals surface area contributed by atoms with Crippen LogP contribution in [0, 0.1) is 11.7 Å². The molecule has 0 aliphatic carbocycles. The third-order valence-corrected chi connectivity index (χ3v) is 10.7. The quantitative estimate of drug-likeness (QED) is 0.237. The summed E-state index contributed by atoms with van der Waals surface area (Å²) in [7, 11) is 0. The lowest BCUT2D eigenvalue weighted by molar-refractivity contribution is -0.121. The molecule has 1 unspecified atom stereocenters. The molecule has 0 spiro atoms. The number of allylic oxidation sites excluding steroid dienone is 1. The lowest BCUT2D eigenvalue weighted by Crippen LogP contribution is -2.47. The van der Waals surface area contributed by atoms with Gasteiger partial charge in [-0.25, -0.2) is 4.39 Å². The number of halogens is 1. The first-order valence-corrected chi connectivity index (χ1v) is 17.1. The summed E-state index contributed by atoms with van der Waals surface area (Å²) >= 11 is 0.927. The number of aliphatic hydroxyl groups is 1. The van der Waals surface area contributed by atoms with E-state index in [9.17, 15) is 24.6 Å². The third-order valence-electron chi connectivity index (χ3n) is 9.90. The minimum Gasteiger partial charge on any atom is -0.506 e. The van der Waals surface area contributed by atoms with Crippen LogP contribution in [0.2, 0.25) is 0 Å². The number of fused-ring (bicyclic) bond motifs is 2. The van der Waals surface area contributed by atoms with E-state index in [0.717, 1.165) is 60.7 Å². The Bertz CT molecular complexity index is 1840. The molecule has 4 heterocycles. The molecule has 3 aromatic carbocycles. The van der Waals surface area contributed by atoms with E-state index in [1.165, 1.54) is 10.4 Å². The number of carbonyl (C=O) groups excluding carboxylic acids is 3. The van der Waals surface area contributed by atoms with Gasteiger partial charge < -0.3 is 30.6 Å². The maximum atomic E-state index is 15.3. The van der Waals surface area contributed by atoms with Gasteiger partial charge in [-0.05, 0) is 86.9 Å². The van der Waals surface area contributed by atoms with E-state index in [1.54, 1.807) is 18.2 Å². The highest BCUT2D eigenvalue weighted by molar-refractivity contribution is 7.99. The molecule has 13 heteroatoms. The zero-order chi connectivity index (χ0) is 33.7. The van der Waals surface area contributed by atoms with Gasteiger partial charge in [0.1, 0.15) is 23.6 Å². The summed E-state index contributed by atoms with van der Waals surface area (Å²) in [4.78, 5) is 41.1. The number of anilines is 4. The zero-order valence-corrected chi connectivity index (χ0v) is 27.7. The van der Waals surface area contributed by atoms with Gasteiger partial charge in [-0.1, -0.05) is 6.08 Å². The Hall–Kier alpha value is -4.49. The number of nitrogens with one attached hydrogen (secondary N) is 3. The van der Waals surface area contributed by atoms with Crippen molar-refractivity contribution in [3.8, 4) is 5.75 Å². The smallest absolute Gasteiger partial charge is 0.251 e. The highest BCUT2D eigenvalue weighted by atomic mass is 32.2. The monoisotopic (exact) mass is 674 g/mol. The minimum absolute atomic E-state index is 0.00809. The van der Waals surface area contributed by atoms with Crippen molar-refractivity contribution in [3.63, 3.8) is 0 Å². The molecular formula is C35H39FN6O5S. The lowest BCUT2D eigenvalue weighted by atomic mass is 9.92. The number of rotatable bonds is 6. The van der Waals surface area contributed by atoms with Crippen LogP contribution in [-0.2, 0) is 20.0 Å². The number of carbonyl (C=O) groups is 3. The van der Waals surface area contributed by atoms with Crippen molar-refractivity contribution in [1.82, 2.24) is 10.0 Å². The molecule has 5 N–H and O–H groups in total. The molecule has 7 rings (SSSR count). The Morgan fingerprint density at radius 2 is 1.92 bits per heavy atom. The second kappa shape index (κ2) is 12.5. The normalized spacial score (nSPS) is 23.9. The lowest BCUT2D eigenvalue weighted by Gasteiger charge is -2.36. The molecule has 4 aliphatic rings. The number of piperidine rings is 2. The predicted molar refractivity (Wildman–Crippen MR) is 185 cm³/mol. The van der Waals surface area contributed by atoms with E-state index >= 15 is 4.39 Å². The van der Waals surface area contributed by atoms with Crippen molar-refractivity contribution in [3.05, 3.63) is 65.6 Å². The number of hydrogen-bond acceptors (Lipinski definition) is 9. The molecule has 3 saturated heterocycles. The number of nitrogens with zero attached hydrogens (tertiary/aromatic N) is 3. The number of β-amino-alcohol motifs (C(OH)–C–C–N with tert-alkyl or cyclic N) is 1. The number of amides is 3. The van der Waals surface area contributed by atoms with Crippen molar-refractivity contribution in [2.75, 3.05) is 45.6 Å². The average Bonchev–Trinajstić information content (AvgIpc) is 3.60. The summed E-state index contributed by atoms with van der Waals surface area (Å²) in [5, 5.41) is 28.6. The fourth-order valence-corrected chi connectivity index (χ4v) is 8.17. The Morgan fingerprint density at radius 3 is 2.65 bits per heavy atom. The number of hydrogen-bond donors (Lipinski definition) is 5. The van der Waals surface area contributed by atoms with E-state index in [0.29, 0.717) is 36.9 Å². The third kappa shape index (κ3) is 6.00. The van der Waals surface area contributed by atoms with Gasteiger partial charge >= 0.3 is 0 Å². The van der Waals surface area contributed by atoms with Crippen molar-refractivity contribution >= 4 is 63.4 Å². The Morgan fingerprint density at radius 1 is 1.12 bits per heavy atom. The van der Waals surface area contributed by atoms with Crippen LogP contribution in [0.15, 0.2) is 54.2 Å².